The number of benzene rings is 1. The molecular formula is C9H5BrF4O2. The second kappa shape index (κ2) is 4.82. The molecule has 0 saturated heterocycles. The lowest BCUT2D eigenvalue weighted by Gasteiger charge is -2.11. The maximum atomic E-state index is 12.7. The van der Waals surface area contributed by atoms with Gasteiger partial charge in [0, 0.05) is 6.07 Å². The summed E-state index contributed by atoms with van der Waals surface area (Å²) >= 11 is 2.80. The molecule has 0 unspecified atom stereocenters. The van der Waals surface area contributed by atoms with Gasteiger partial charge >= 0.3 is 6.36 Å². The summed E-state index contributed by atoms with van der Waals surface area (Å²) in [6.45, 7) is 0. The van der Waals surface area contributed by atoms with Gasteiger partial charge < -0.3 is 4.74 Å². The van der Waals surface area contributed by atoms with Gasteiger partial charge in [-0.25, -0.2) is 4.39 Å². The molecule has 0 aliphatic heterocycles. The second-order valence-electron chi connectivity index (χ2n) is 2.75. The summed E-state index contributed by atoms with van der Waals surface area (Å²) in [5.41, 5.74) is -0.324. The Balaban J connectivity index is 3.13. The van der Waals surface area contributed by atoms with Crippen LogP contribution in [0.1, 0.15) is 10.4 Å². The van der Waals surface area contributed by atoms with E-state index < -0.39 is 23.7 Å². The van der Waals surface area contributed by atoms with E-state index in [2.05, 4.69) is 20.7 Å². The molecule has 0 amide bonds. The molecule has 16 heavy (non-hydrogen) atoms. The molecule has 7 heteroatoms. The van der Waals surface area contributed by atoms with Crippen LogP contribution in [0.15, 0.2) is 18.2 Å². The standard InChI is InChI=1S/C9H5BrF4O2/c10-4-7(15)6-2-1-5(11)3-8(6)16-9(12,13)14/h1-3H,4H2. The number of rotatable bonds is 3. The van der Waals surface area contributed by atoms with Crippen molar-refractivity contribution in [1.82, 2.24) is 0 Å². The highest BCUT2D eigenvalue weighted by molar-refractivity contribution is 9.09. The lowest BCUT2D eigenvalue weighted by molar-refractivity contribution is -0.274. The SMILES string of the molecule is O=C(CBr)c1ccc(F)cc1OC(F)(F)F. The molecule has 0 radical (unpaired) electrons. The largest absolute Gasteiger partial charge is 0.573 e. The van der Waals surface area contributed by atoms with Gasteiger partial charge in [0.25, 0.3) is 0 Å². The predicted octanol–water partition coefficient (Wildman–Crippen LogP) is 3.30. The van der Waals surface area contributed by atoms with E-state index in [1.165, 1.54) is 0 Å². The minimum atomic E-state index is -4.96. The van der Waals surface area contributed by atoms with Crippen molar-refractivity contribution in [3.8, 4) is 5.75 Å². The lowest BCUT2D eigenvalue weighted by Crippen LogP contribution is -2.19. The molecule has 0 aromatic heterocycles. The predicted molar refractivity (Wildman–Crippen MR) is 51.2 cm³/mol. The van der Waals surface area contributed by atoms with Crippen LogP contribution in [-0.2, 0) is 0 Å². The molecule has 0 fully saturated rings. The summed E-state index contributed by atoms with van der Waals surface area (Å²) in [4.78, 5) is 11.2. The van der Waals surface area contributed by atoms with Gasteiger partial charge in [0.2, 0.25) is 0 Å². The molecule has 0 aliphatic rings. The molecule has 88 valence electrons. The van der Waals surface area contributed by atoms with E-state index in [1.807, 2.05) is 0 Å². The monoisotopic (exact) mass is 300 g/mol. The van der Waals surface area contributed by atoms with Gasteiger partial charge in [-0.05, 0) is 12.1 Å². The minimum absolute atomic E-state index is 0.174. The van der Waals surface area contributed by atoms with Crippen molar-refractivity contribution in [1.29, 1.82) is 0 Å². The zero-order chi connectivity index (χ0) is 12.3. The Labute approximate surface area is 96.3 Å². The highest BCUT2D eigenvalue weighted by Gasteiger charge is 2.33. The van der Waals surface area contributed by atoms with E-state index in [1.54, 1.807) is 0 Å². The molecule has 0 atom stereocenters. The summed E-state index contributed by atoms with van der Waals surface area (Å²) in [6.07, 6.45) is -4.96. The molecule has 0 spiro atoms. The molecule has 1 rings (SSSR count). The van der Waals surface area contributed by atoms with Crippen LogP contribution in [-0.4, -0.2) is 17.5 Å². The smallest absolute Gasteiger partial charge is 0.405 e. The first-order valence-electron chi connectivity index (χ1n) is 3.98. The fraction of sp³-hybridized carbons (Fsp3) is 0.222. The molecule has 0 saturated carbocycles. The Morgan fingerprint density at radius 2 is 2.00 bits per heavy atom. The molecule has 0 bridgehead atoms. The number of Topliss-reactive ketones (excluding diaryl/α,β-unsaturated/α-hetero) is 1. The van der Waals surface area contributed by atoms with E-state index in [4.69, 9.17) is 0 Å². The highest BCUT2D eigenvalue weighted by Crippen LogP contribution is 2.27. The lowest BCUT2D eigenvalue weighted by atomic mass is 10.1. The van der Waals surface area contributed by atoms with Crippen molar-refractivity contribution >= 4 is 21.7 Å². The van der Waals surface area contributed by atoms with Crippen LogP contribution in [0, 0.1) is 5.82 Å². The van der Waals surface area contributed by atoms with Gasteiger partial charge in [-0.1, -0.05) is 15.9 Å². The van der Waals surface area contributed by atoms with Crippen molar-refractivity contribution in [2.45, 2.75) is 6.36 Å². The molecule has 0 N–H and O–H groups in total. The Bertz CT molecular complexity index is 403. The fourth-order valence-corrected chi connectivity index (χ4v) is 1.31. The number of ether oxygens (including phenoxy) is 1. The van der Waals surface area contributed by atoms with Crippen LogP contribution in [0.4, 0.5) is 17.6 Å². The number of halogens is 5. The van der Waals surface area contributed by atoms with Crippen LogP contribution >= 0.6 is 15.9 Å². The zero-order valence-electron chi connectivity index (χ0n) is 7.65. The van der Waals surface area contributed by atoms with E-state index in [-0.39, 0.29) is 10.9 Å². The summed E-state index contributed by atoms with van der Waals surface area (Å²) < 4.78 is 52.1. The minimum Gasteiger partial charge on any atom is -0.405 e. The zero-order valence-corrected chi connectivity index (χ0v) is 9.23. The second-order valence-corrected chi connectivity index (χ2v) is 3.31. The van der Waals surface area contributed by atoms with Gasteiger partial charge in [0.15, 0.2) is 5.78 Å². The average Bonchev–Trinajstić information content (AvgIpc) is 2.14. The molecule has 2 nitrogen and oxygen atoms in total. The third-order valence-electron chi connectivity index (χ3n) is 1.59. The number of hydrogen-bond donors (Lipinski definition) is 0. The van der Waals surface area contributed by atoms with Crippen molar-refractivity contribution in [3.63, 3.8) is 0 Å². The van der Waals surface area contributed by atoms with Gasteiger partial charge in [-0.15, -0.1) is 13.2 Å². The molecule has 0 aliphatic carbocycles. The van der Waals surface area contributed by atoms with Crippen LogP contribution < -0.4 is 4.74 Å². The van der Waals surface area contributed by atoms with Crippen LogP contribution in [0.2, 0.25) is 0 Å². The third kappa shape index (κ3) is 3.48. The first kappa shape index (κ1) is 13.0. The van der Waals surface area contributed by atoms with Crippen LogP contribution in [0.5, 0.6) is 5.75 Å². The summed E-state index contributed by atoms with van der Waals surface area (Å²) in [5.74, 6) is -2.37. The van der Waals surface area contributed by atoms with Crippen LogP contribution in [0.25, 0.3) is 0 Å². The number of alkyl halides is 4. The number of ketones is 1. The van der Waals surface area contributed by atoms with Gasteiger partial charge in [0.05, 0.1) is 10.9 Å². The summed E-state index contributed by atoms with van der Waals surface area (Å²) in [5, 5.41) is -0.174. The van der Waals surface area contributed by atoms with Crippen molar-refractivity contribution in [2.75, 3.05) is 5.33 Å². The quantitative estimate of drug-likeness (QED) is 0.486. The average molecular weight is 301 g/mol. The van der Waals surface area contributed by atoms with E-state index in [9.17, 15) is 22.4 Å². The normalized spacial score (nSPS) is 11.3. The van der Waals surface area contributed by atoms with Gasteiger partial charge in [-0.2, -0.15) is 0 Å². The maximum Gasteiger partial charge on any atom is 0.573 e. The van der Waals surface area contributed by atoms with Gasteiger partial charge in [-0.3, -0.25) is 4.79 Å². The summed E-state index contributed by atoms with van der Waals surface area (Å²) in [6, 6.07) is 2.35. The number of carbonyl (C=O) groups excluding carboxylic acids is 1. The van der Waals surface area contributed by atoms with E-state index >= 15 is 0 Å². The third-order valence-corrected chi connectivity index (χ3v) is 2.10. The Kier molecular flexibility index (Phi) is 3.90. The topological polar surface area (TPSA) is 26.3 Å². The molecule has 1 aromatic rings. The Morgan fingerprint density at radius 1 is 1.38 bits per heavy atom. The number of hydrogen-bond acceptors (Lipinski definition) is 2. The van der Waals surface area contributed by atoms with Crippen LogP contribution in [0.3, 0.4) is 0 Å². The first-order chi connectivity index (χ1) is 7.33. The van der Waals surface area contributed by atoms with Gasteiger partial charge in [0.1, 0.15) is 11.6 Å². The van der Waals surface area contributed by atoms with E-state index in [0.717, 1.165) is 12.1 Å². The number of carbonyl (C=O) groups is 1. The Morgan fingerprint density at radius 3 is 2.50 bits per heavy atom. The molecule has 0 heterocycles. The van der Waals surface area contributed by atoms with Crippen molar-refractivity contribution < 1.29 is 27.1 Å². The summed E-state index contributed by atoms with van der Waals surface area (Å²) in [7, 11) is 0. The van der Waals surface area contributed by atoms with E-state index in [0.29, 0.717) is 6.07 Å². The molecule has 1 aromatic carbocycles. The Hall–Kier alpha value is -1.11. The highest BCUT2D eigenvalue weighted by atomic mass is 79.9. The van der Waals surface area contributed by atoms with Crippen molar-refractivity contribution in [2.24, 2.45) is 0 Å². The maximum absolute atomic E-state index is 12.7. The fourth-order valence-electron chi connectivity index (χ4n) is 1.01. The van der Waals surface area contributed by atoms with Crippen molar-refractivity contribution in [3.05, 3.63) is 29.6 Å². The first-order valence-corrected chi connectivity index (χ1v) is 5.10. The molecular weight excluding hydrogens is 296 g/mol.